The van der Waals surface area contributed by atoms with Gasteiger partial charge in [-0.05, 0) is 71.2 Å². The van der Waals surface area contributed by atoms with Crippen molar-refractivity contribution < 1.29 is 14.3 Å². The minimum absolute atomic E-state index is 0.180. The molecular formula is C20H31N3O3. The van der Waals surface area contributed by atoms with E-state index in [9.17, 15) is 9.59 Å². The Kier molecular flexibility index (Phi) is 5.84. The predicted octanol–water partition coefficient (Wildman–Crippen LogP) is 3.87. The molecule has 1 aliphatic heterocycles. The number of benzene rings is 1. The van der Waals surface area contributed by atoms with Gasteiger partial charge in [0.2, 0.25) is 5.91 Å². The molecule has 26 heavy (non-hydrogen) atoms. The van der Waals surface area contributed by atoms with Gasteiger partial charge in [0.05, 0.1) is 0 Å². The van der Waals surface area contributed by atoms with Crippen LogP contribution in [0.3, 0.4) is 0 Å². The molecule has 0 bridgehead atoms. The lowest BCUT2D eigenvalue weighted by Crippen LogP contribution is -2.60. The minimum atomic E-state index is -0.916. The van der Waals surface area contributed by atoms with Crippen molar-refractivity contribution in [1.29, 1.82) is 0 Å². The second kappa shape index (κ2) is 7.56. The normalized spacial score (nSPS) is 20.5. The third-order valence-electron chi connectivity index (χ3n) is 4.64. The zero-order valence-electron chi connectivity index (χ0n) is 16.8. The van der Waals surface area contributed by atoms with Crippen molar-refractivity contribution in [3.8, 4) is 0 Å². The van der Waals surface area contributed by atoms with Gasteiger partial charge in [0.1, 0.15) is 11.1 Å². The largest absolute Gasteiger partial charge is 0.444 e. The zero-order chi connectivity index (χ0) is 19.5. The van der Waals surface area contributed by atoms with E-state index in [0.717, 1.165) is 24.2 Å². The van der Waals surface area contributed by atoms with Crippen LogP contribution < -0.4 is 10.2 Å². The number of piperidine rings is 1. The van der Waals surface area contributed by atoms with E-state index in [0.29, 0.717) is 13.0 Å². The van der Waals surface area contributed by atoms with Crippen molar-refractivity contribution in [1.82, 2.24) is 4.90 Å². The number of nitrogens with one attached hydrogen (secondary N) is 1. The molecule has 0 saturated carbocycles. The molecular weight excluding hydrogens is 330 g/mol. The van der Waals surface area contributed by atoms with Crippen LogP contribution in [0.4, 0.5) is 16.2 Å². The molecule has 1 saturated heterocycles. The lowest BCUT2D eigenvalue weighted by molar-refractivity contribution is -0.129. The van der Waals surface area contributed by atoms with Gasteiger partial charge in [0.15, 0.2) is 0 Å². The fraction of sp³-hybridized carbons (Fsp3) is 0.600. The average Bonchev–Trinajstić information content (AvgIpc) is 2.54. The van der Waals surface area contributed by atoms with E-state index in [1.807, 2.05) is 71.0 Å². The highest BCUT2D eigenvalue weighted by molar-refractivity contribution is 5.99. The van der Waals surface area contributed by atoms with Crippen molar-refractivity contribution in [2.24, 2.45) is 0 Å². The molecule has 6 heteroatoms. The molecule has 2 rings (SSSR count). The maximum atomic E-state index is 13.0. The Hall–Kier alpha value is -2.24. The fourth-order valence-electron chi connectivity index (χ4n) is 3.08. The number of hydrogen-bond acceptors (Lipinski definition) is 4. The Balaban J connectivity index is 2.16. The molecule has 0 aromatic heterocycles. The highest BCUT2D eigenvalue weighted by Gasteiger charge is 2.45. The van der Waals surface area contributed by atoms with Crippen molar-refractivity contribution >= 4 is 23.4 Å². The lowest BCUT2D eigenvalue weighted by Gasteiger charge is -2.43. The maximum absolute atomic E-state index is 13.0. The molecule has 0 spiro atoms. The summed E-state index contributed by atoms with van der Waals surface area (Å²) in [6.45, 7) is 7.84. The first kappa shape index (κ1) is 20.1. The summed E-state index contributed by atoms with van der Waals surface area (Å²) in [7, 11) is 3.94. The Morgan fingerprint density at radius 1 is 1.15 bits per heavy atom. The number of anilines is 2. The summed E-state index contributed by atoms with van der Waals surface area (Å²) < 4.78 is 5.52. The summed E-state index contributed by atoms with van der Waals surface area (Å²) in [5.74, 6) is -0.180. The monoisotopic (exact) mass is 361 g/mol. The van der Waals surface area contributed by atoms with Gasteiger partial charge >= 0.3 is 6.09 Å². The topological polar surface area (TPSA) is 61.9 Å². The number of hydrogen-bond donors (Lipinski definition) is 1. The summed E-state index contributed by atoms with van der Waals surface area (Å²) in [5, 5.41) is 2.96. The van der Waals surface area contributed by atoms with Gasteiger partial charge in [-0.25, -0.2) is 4.79 Å². The fourth-order valence-corrected chi connectivity index (χ4v) is 3.08. The van der Waals surface area contributed by atoms with Gasteiger partial charge in [-0.2, -0.15) is 0 Å². The van der Waals surface area contributed by atoms with E-state index in [1.165, 1.54) is 0 Å². The average molecular weight is 361 g/mol. The zero-order valence-corrected chi connectivity index (χ0v) is 16.8. The number of carbonyl (C=O) groups is 2. The van der Waals surface area contributed by atoms with Crippen LogP contribution in [-0.4, -0.2) is 48.7 Å². The summed E-state index contributed by atoms with van der Waals surface area (Å²) in [6, 6.07) is 7.64. The predicted molar refractivity (Wildman–Crippen MR) is 105 cm³/mol. The van der Waals surface area contributed by atoms with Crippen LogP contribution in [0.1, 0.15) is 47.0 Å². The summed E-state index contributed by atoms with van der Waals surface area (Å²) >= 11 is 0. The molecule has 144 valence electrons. The second-order valence-electron chi connectivity index (χ2n) is 8.26. The van der Waals surface area contributed by atoms with E-state index in [-0.39, 0.29) is 5.91 Å². The van der Waals surface area contributed by atoms with Gasteiger partial charge < -0.3 is 15.0 Å². The standard InChI is InChI=1S/C20H31N3O3/c1-19(2,3)26-18(25)23-14-8-7-13-20(23,4)17(24)21-15-9-11-16(12-10-15)22(5)6/h9-12H,7-8,13-14H2,1-6H3,(H,21,24)/t20-/m0/s1. The second-order valence-corrected chi connectivity index (χ2v) is 8.26. The van der Waals surface area contributed by atoms with Crippen LogP contribution in [0.2, 0.25) is 0 Å². The van der Waals surface area contributed by atoms with Gasteiger partial charge in [-0.15, -0.1) is 0 Å². The summed E-state index contributed by atoms with van der Waals surface area (Å²) in [6.07, 6.45) is 1.97. The Morgan fingerprint density at radius 2 is 1.77 bits per heavy atom. The summed E-state index contributed by atoms with van der Waals surface area (Å²) in [5.41, 5.74) is 0.271. The van der Waals surface area contributed by atoms with Gasteiger partial charge in [-0.3, -0.25) is 9.69 Å². The van der Waals surface area contributed by atoms with Gasteiger partial charge in [0, 0.05) is 32.0 Å². The molecule has 2 amide bonds. The first-order valence-corrected chi connectivity index (χ1v) is 9.12. The highest BCUT2D eigenvalue weighted by atomic mass is 16.6. The molecule has 1 heterocycles. The van der Waals surface area contributed by atoms with Crippen LogP contribution in [0.15, 0.2) is 24.3 Å². The molecule has 1 aromatic rings. The van der Waals surface area contributed by atoms with E-state index in [4.69, 9.17) is 4.74 Å². The number of carbonyl (C=O) groups excluding carboxylic acids is 2. The number of nitrogens with zero attached hydrogens (tertiary/aromatic N) is 2. The van der Waals surface area contributed by atoms with E-state index in [2.05, 4.69) is 5.32 Å². The molecule has 1 aliphatic rings. The molecule has 1 aromatic carbocycles. The quantitative estimate of drug-likeness (QED) is 0.888. The Bertz CT molecular complexity index is 649. The van der Waals surface area contributed by atoms with Gasteiger partial charge in [0.25, 0.3) is 0 Å². The van der Waals surface area contributed by atoms with Crippen LogP contribution in [0.25, 0.3) is 0 Å². The van der Waals surface area contributed by atoms with Crippen molar-refractivity contribution in [2.75, 3.05) is 30.9 Å². The molecule has 6 nitrogen and oxygen atoms in total. The van der Waals surface area contributed by atoms with Crippen molar-refractivity contribution in [3.63, 3.8) is 0 Å². The first-order chi connectivity index (χ1) is 12.0. The van der Waals surface area contributed by atoms with Crippen LogP contribution in [0.5, 0.6) is 0 Å². The smallest absolute Gasteiger partial charge is 0.411 e. The molecule has 1 fully saturated rings. The van der Waals surface area contributed by atoms with Crippen LogP contribution in [-0.2, 0) is 9.53 Å². The number of rotatable bonds is 3. The van der Waals surface area contributed by atoms with Crippen molar-refractivity contribution in [2.45, 2.75) is 58.1 Å². The third-order valence-corrected chi connectivity index (χ3v) is 4.64. The van der Waals surface area contributed by atoms with Crippen molar-refractivity contribution in [3.05, 3.63) is 24.3 Å². The van der Waals surface area contributed by atoms with E-state index in [1.54, 1.807) is 4.90 Å². The number of ether oxygens (including phenoxy) is 1. The maximum Gasteiger partial charge on any atom is 0.411 e. The highest BCUT2D eigenvalue weighted by Crippen LogP contribution is 2.31. The van der Waals surface area contributed by atoms with Crippen LogP contribution in [0, 0.1) is 0 Å². The van der Waals surface area contributed by atoms with E-state index >= 15 is 0 Å². The minimum Gasteiger partial charge on any atom is -0.444 e. The van der Waals surface area contributed by atoms with Gasteiger partial charge in [-0.1, -0.05) is 0 Å². The number of amides is 2. The lowest BCUT2D eigenvalue weighted by atomic mass is 9.87. The Morgan fingerprint density at radius 3 is 2.31 bits per heavy atom. The molecule has 0 aliphatic carbocycles. The molecule has 0 unspecified atom stereocenters. The number of likely N-dealkylation sites (tertiary alicyclic amines) is 1. The van der Waals surface area contributed by atoms with E-state index < -0.39 is 17.2 Å². The summed E-state index contributed by atoms with van der Waals surface area (Å²) in [4.78, 5) is 29.2. The SMILES string of the molecule is CN(C)c1ccc(NC(=O)[C@]2(C)CCCCN2C(=O)OC(C)(C)C)cc1. The Labute approximate surface area is 156 Å². The molecule has 1 N–H and O–H groups in total. The molecule has 0 radical (unpaired) electrons. The third kappa shape index (κ3) is 4.68. The van der Waals surface area contributed by atoms with Crippen LogP contribution >= 0.6 is 0 Å². The molecule has 1 atom stereocenters. The first-order valence-electron chi connectivity index (χ1n) is 9.12.